The number of halogens is 1. The van der Waals surface area contributed by atoms with Crippen LogP contribution in [-0.4, -0.2) is 37.4 Å². The molecule has 2 aromatic carbocycles. The minimum Gasteiger partial charge on any atom is -0.503 e. The van der Waals surface area contributed by atoms with Crippen molar-refractivity contribution in [1.29, 1.82) is 0 Å². The largest absolute Gasteiger partial charge is 0.503 e. The van der Waals surface area contributed by atoms with Crippen LogP contribution in [0, 0.1) is 0 Å². The van der Waals surface area contributed by atoms with Crippen LogP contribution in [0.25, 0.3) is 5.70 Å². The Bertz CT molecular complexity index is 1030. The zero-order chi connectivity index (χ0) is 22.7. The number of hydrogen-bond donors (Lipinski definition) is 3. The van der Waals surface area contributed by atoms with Crippen molar-refractivity contribution in [3.63, 3.8) is 0 Å². The summed E-state index contributed by atoms with van der Waals surface area (Å²) < 4.78 is 15.8. The van der Waals surface area contributed by atoms with E-state index in [-0.39, 0.29) is 28.2 Å². The summed E-state index contributed by atoms with van der Waals surface area (Å²) in [4.78, 5) is 25.6. The third-order valence-corrected chi connectivity index (χ3v) is 4.91. The number of benzene rings is 2. The monoisotopic (exact) mass is 446 g/mol. The van der Waals surface area contributed by atoms with E-state index in [0.717, 1.165) is 0 Å². The molecule has 9 heteroatoms. The highest BCUT2D eigenvalue weighted by molar-refractivity contribution is 6.32. The van der Waals surface area contributed by atoms with Gasteiger partial charge in [-0.25, -0.2) is 9.59 Å². The van der Waals surface area contributed by atoms with E-state index in [4.69, 9.17) is 25.8 Å². The van der Waals surface area contributed by atoms with Crippen molar-refractivity contribution in [2.24, 2.45) is 0 Å². The van der Waals surface area contributed by atoms with Gasteiger partial charge in [0, 0.05) is 0 Å². The molecule has 0 spiro atoms. The quantitative estimate of drug-likeness (QED) is 0.583. The van der Waals surface area contributed by atoms with E-state index < -0.39 is 18.0 Å². The standard InChI is InChI=1S/C22H23ClN2O6/c1-11(2)31-21(27)17-18(12-5-7-14(29-3)8-6-12)24-22(28)25-19(17)13-9-15(23)20(26)16(10-13)30-4/h5-11,19,26H,1-4H3,(H2,24,25,28). The van der Waals surface area contributed by atoms with Gasteiger partial charge in [-0.05, 0) is 61.4 Å². The molecular weight excluding hydrogens is 424 g/mol. The molecule has 2 amide bonds. The number of urea groups is 1. The van der Waals surface area contributed by atoms with Gasteiger partial charge in [-0.3, -0.25) is 0 Å². The SMILES string of the molecule is COc1ccc(C2=C(C(=O)OC(C)C)C(c3cc(Cl)c(O)c(OC)c3)NC(=O)N2)cc1. The number of ether oxygens (including phenoxy) is 3. The van der Waals surface area contributed by atoms with E-state index in [2.05, 4.69) is 10.6 Å². The molecule has 3 N–H and O–H groups in total. The maximum Gasteiger partial charge on any atom is 0.338 e. The number of phenolic OH excluding ortho intramolecular Hbond substituents is 1. The van der Waals surface area contributed by atoms with Crippen molar-refractivity contribution in [1.82, 2.24) is 10.6 Å². The van der Waals surface area contributed by atoms with Crippen LogP contribution in [0.5, 0.6) is 17.2 Å². The summed E-state index contributed by atoms with van der Waals surface area (Å²) in [7, 11) is 2.92. The van der Waals surface area contributed by atoms with Crippen molar-refractivity contribution in [2.75, 3.05) is 14.2 Å². The minimum absolute atomic E-state index is 0.0182. The summed E-state index contributed by atoms with van der Waals surface area (Å²) >= 11 is 6.15. The second kappa shape index (κ2) is 9.18. The molecule has 1 aliphatic heterocycles. The number of carbonyl (C=O) groups excluding carboxylic acids is 2. The van der Waals surface area contributed by atoms with Crippen LogP contribution in [0.4, 0.5) is 4.79 Å². The molecule has 0 fully saturated rings. The molecular formula is C22H23ClN2O6. The molecule has 1 aliphatic rings. The maximum absolute atomic E-state index is 13.1. The molecule has 31 heavy (non-hydrogen) atoms. The lowest BCUT2D eigenvalue weighted by Gasteiger charge is -2.30. The number of nitrogens with one attached hydrogen (secondary N) is 2. The van der Waals surface area contributed by atoms with Gasteiger partial charge in [-0.1, -0.05) is 11.6 Å². The number of phenols is 1. The highest BCUT2D eigenvalue weighted by atomic mass is 35.5. The van der Waals surface area contributed by atoms with Gasteiger partial charge in [0.1, 0.15) is 5.75 Å². The van der Waals surface area contributed by atoms with Gasteiger partial charge >= 0.3 is 12.0 Å². The van der Waals surface area contributed by atoms with Crippen LogP contribution in [-0.2, 0) is 9.53 Å². The fourth-order valence-corrected chi connectivity index (χ4v) is 3.43. The van der Waals surface area contributed by atoms with E-state index in [1.807, 2.05) is 0 Å². The topological polar surface area (TPSA) is 106 Å². The smallest absolute Gasteiger partial charge is 0.338 e. The second-order valence-electron chi connectivity index (χ2n) is 7.06. The van der Waals surface area contributed by atoms with E-state index in [0.29, 0.717) is 22.6 Å². The summed E-state index contributed by atoms with van der Waals surface area (Å²) in [6.07, 6.45) is -0.381. The molecule has 8 nitrogen and oxygen atoms in total. The van der Waals surface area contributed by atoms with Crippen molar-refractivity contribution in [3.8, 4) is 17.2 Å². The Hall–Kier alpha value is -3.39. The summed E-state index contributed by atoms with van der Waals surface area (Å²) in [6, 6.07) is 8.45. The zero-order valence-corrected chi connectivity index (χ0v) is 18.2. The predicted octanol–water partition coefficient (Wildman–Crippen LogP) is 3.78. The molecule has 2 aromatic rings. The Morgan fingerprint density at radius 3 is 2.39 bits per heavy atom. The first kappa shape index (κ1) is 22.3. The van der Waals surface area contributed by atoms with Crippen molar-refractivity contribution in [3.05, 3.63) is 58.1 Å². The van der Waals surface area contributed by atoms with Gasteiger partial charge in [0.05, 0.1) is 42.7 Å². The third kappa shape index (κ3) is 4.69. The first-order chi connectivity index (χ1) is 14.7. The van der Waals surface area contributed by atoms with Gasteiger partial charge in [-0.2, -0.15) is 0 Å². The van der Waals surface area contributed by atoms with E-state index in [9.17, 15) is 14.7 Å². The lowest BCUT2D eigenvalue weighted by molar-refractivity contribution is -0.143. The molecule has 0 radical (unpaired) electrons. The van der Waals surface area contributed by atoms with Crippen molar-refractivity contribution >= 4 is 29.3 Å². The Morgan fingerprint density at radius 2 is 1.81 bits per heavy atom. The summed E-state index contributed by atoms with van der Waals surface area (Å²) in [5.41, 5.74) is 1.51. The van der Waals surface area contributed by atoms with Gasteiger partial charge < -0.3 is 30.0 Å². The third-order valence-electron chi connectivity index (χ3n) is 4.62. The molecule has 3 rings (SSSR count). The minimum atomic E-state index is -0.899. The zero-order valence-electron chi connectivity index (χ0n) is 17.5. The average Bonchev–Trinajstić information content (AvgIpc) is 2.74. The van der Waals surface area contributed by atoms with Gasteiger partial charge in [0.25, 0.3) is 0 Å². The van der Waals surface area contributed by atoms with Crippen LogP contribution in [0.15, 0.2) is 42.0 Å². The number of rotatable bonds is 6. The molecule has 0 aliphatic carbocycles. The number of amides is 2. The van der Waals surface area contributed by atoms with Gasteiger partial charge in [0.2, 0.25) is 0 Å². The summed E-state index contributed by atoms with van der Waals surface area (Å²) in [5.74, 6) is -0.110. The van der Waals surface area contributed by atoms with Crippen LogP contribution < -0.4 is 20.1 Å². The van der Waals surface area contributed by atoms with Crippen LogP contribution >= 0.6 is 11.6 Å². The highest BCUT2D eigenvalue weighted by Gasteiger charge is 2.35. The molecule has 0 saturated heterocycles. The average molecular weight is 447 g/mol. The van der Waals surface area contributed by atoms with Crippen molar-refractivity contribution in [2.45, 2.75) is 26.0 Å². The van der Waals surface area contributed by atoms with Crippen molar-refractivity contribution < 1.29 is 28.9 Å². The fraction of sp³-hybridized carbons (Fsp3) is 0.273. The lowest BCUT2D eigenvalue weighted by atomic mass is 9.92. The fourth-order valence-electron chi connectivity index (χ4n) is 3.21. The second-order valence-corrected chi connectivity index (χ2v) is 7.46. The number of esters is 1. The number of aromatic hydroxyl groups is 1. The molecule has 164 valence electrons. The number of methoxy groups -OCH3 is 2. The number of hydrogen-bond acceptors (Lipinski definition) is 6. The molecule has 0 bridgehead atoms. The Balaban J connectivity index is 2.21. The molecule has 0 aromatic heterocycles. The Kier molecular flexibility index (Phi) is 6.60. The van der Waals surface area contributed by atoms with Crippen LogP contribution in [0.1, 0.15) is 31.0 Å². The lowest BCUT2D eigenvalue weighted by Crippen LogP contribution is -2.45. The van der Waals surface area contributed by atoms with Crippen LogP contribution in [0.2, 0.25) is 5.02 Å². The first-order valence-corrected chi connectivity index (χ1v) is 9.86. The molecule has 1 atom stereocenters. The molecule has 0 saturated carbocycles. The van der Waals surface area contributed by atoms with E-state index >= 15 is 0 Å². The van der Waals surface area contributed by atoms with E-state index in [1.54, 1.807) is 45.2 Å². The first-order valence-electron chi connectivity index (χ1n) is 9.48. The normalized spacial score (nSPS) is 15.9. The summed E-state index contributed by atoms with van der Waals surface area (Å²) in [5, 5.41) is 15.5. The summed E-state index contributed by atoms with van der Waals surface area (Å²) in [6.45, 7) is 3.46. The Morgan fingerprint density at radius 1 is 1.13 bits per heavy atom. The van der Waals surface area contributed by atoms with Gasteiger partial charge in [0.15, 0.2) is 11.5 Å². The maximum atomic E-state index is 13.1. The molecule has 1 unspecified atom stereocenters. The predicted molar refractivity (Wildman–Crippen MR) is 115 cm³/mol. The molecule has 1 heterocycles. The van der Waals surface area contributed by atoms with Crippen LogP contribution in [0.3, 0.4) is 0 Å². The highest BCUT2D eigenvalue weighted by Crippen LogP contribution is 2.40. The van der Waals surface area contributed by atoms with Gasteiger partial charge in [-0.15, -0.1) is 0 Å². The van der Waals surface area contributed by atoms with E-state index in [1.165, 1.54) is 19.2 Å². The Labute approximate surface area is 184 Å². The number of carbonyl (C=O) groups is 2.